The molecular formula is C9H11ClFNO. The second kappa shape index (κ2) is 4.44. The minimum atomic E-state index is -0.333. The number of rotatable bonds is 3. The van der Waals surface area contributed by atoms with Gasteiger partial charge in [-0.25, -0.2) is 4.39 Å². The molecule has 1 aromatic rings. The first kappa shape index (κ1) is 10.3. The molecule has 0 fully saturated rings. The molecule has 0 spiro atoms. The number of aliphatic hydroxyl groups excluding tert-OH is 1. The Morgan fingerprint density at radius 2 is 2.23 bits per heavy atom. The van der Waals surface area contributed by atoms with Crippen molar-refractivity contribution >= 4 is 17.3 Å². The number of likely N-dealkylation sites (N-methyl/N-ethyl adjacent to an activating group) is 1. The number of aliphatic hydroxyl groups is 1. The summed E-state index contributed by atoms with van der Waals surface area (Å²) in [5.74, 6) is -0.333. The minimum Gasteiger partial charge on any atom is -0.395 e. The molecule has 0 aliphatic carbocycles. The molecule has 0 aliphatic rings. The van der Waals surface area contributed by atoms with E-state index in [0.717, 1.165) is 0 Å². The summed E-state index contributed by atoms with van der Waals surface area (Å²) in [7, 11) is 1.70. The van der Waals surface area contributed by atoms with E-state index in [1.54, 1.807) is 11.9 Å². The molecule has 0 radical (unpaired) electrons. The molecule has 0 saturated heterocycles. The second-order valence-corrected chi connectivity index (χ2v) is 3.18. The zero-order chi connectivity index (χ0) is 9.84. The summed E-state index contributed by atoms with van der Waals surface area (Å²) in [6, 6.07) is 4.34. The van der Waals surface area contributed by atoms with Crippen LogP contribution in [0.4, 0.5) is 10.1 Å². The van der Waals surface area contributed by atoms with Gasteiger partial charge in [0.25, 0.3) is 0 Å². The molecule has 0 aromatic heterocycles. The van der Waals surface area contributed by atoms with Crippen LogP contribution in [-0.4, -0.2) is 25.3 Å². The summed E-state index contributed by atoms with van der Waals surface area (Å²) in [6.45, 7) is 0.375. The van der Waals surface area contributed by atoms with Crippen LogP contribution in [0.2, 0.25) is 5.02 Å². The van der Waals surface area contributed by atoms with E-state index < -0.39 is 0 Å². The Morgan fingerprint density at radius 1 is 1.54 bits per heavy atom. The molecule has 4 heteroatoms. The van der Waals surface area contributed by atoms with Crippen LogP contribution in [0.1, 0.15) is 0 Å². The van der Waals surface area contributed by atoms with E-state index in [4.69, 9.17) is 16.7 Å². The molecule has 0 saturated carbocycles. The highest BCUT2D eigenvalue weighted by atomic mass is 35.5. The molecule has 1 N–H and O–H groups in total. The zero-order valence-corrected chi connectivity index (χ0v) is 8.05. The molecule has 1 rings (SSSR count). The van der Waals surface area contributed by atoms with Crippen molar-refractivity contribution < 1.29 is 9.50 Å². The topological polar surface area (TPSA) is 23.5 Å². The van der Waals surface area contributed by atoms with E-state index in [-0.39, 0.29) is 12.4 Å². The number of halogens is 2. The number of hydrogen-bond donors (Lipinski definition) is 1. The van der Waals surface area contributed by atoms with Crippen molar-refractivity contribution in [2.45, 2.75) is 0 Å². The molecule has 0 heterocycles. The molecule has 72 valence electrons. The monoisotopic (exact) mass is 203 g/mol. The second-order valence-electron chi connectivity index (χ2n) is 2.74. The van der Waals surface area contributed by atoms with E-state index in [1.807, 2.05) is 0 Å². The maximum Gasteiger partial charge on any atom is 0.146 e. The largest absolute Gasteiger partial charge is 0.395 e. The number of nitrogens with zero attached hydrogens (tertiary/aromatic N) is 1. The van der Waals surface area contributed by atoms with Gasteiger partial charge in [0.15, 0.2) is 0 Å². The summed E-state index contributed by atoms with van der Waals surface area (Å²) in [5.41, 5.74) is 0.404. The predicted octanol–water partition coefficient (Wildman–Crippen LogP) is 1.91. The van der Waals surface area contributed by atoms with Gasteiger partial charge in [0.1, 0.15) is 5.82 Å². The quantitative estimate of drug-likeness (QED) is 0.811. The number of anilines is 1. The minimum absolute atomic E-state index is 0.0115. The van der Waals surface area contributed by atoms with Gasteiger partial charge < -0.3 is 10.0 Å². The van der Waals surface area contributed by atoms with Gasteiger partial charge in [-0.15, -0.1) is 0 Å². The molecular weight excluding hydrogens is 193 g/mol. The molecule has 0 aliphatic heterocycles. The van der Waals surface area contributed by atoms with Crippen LogP contribution in [0.25, 0.3) is 0 Å². The zero-order valence-electron chi connectivity index (χ0n) is 7.30. The molecule has 0 unspecified atom stereocenters. The Hall–Kier alpha value is -0.800. The van der Waals surface area contributed by atoms with Crippen molar-refractivity contribution in [3.63, 3.8) is 0 Å². The van der Waals surface area contributed by atoms with Gasteiger partial charge in [0.2, 0.25) is 0 Å². The standard InChI is InChI=1S/C9H11ClFNO/c1-12(4-5-13)9-6-7(10)2-3-8(9)11/h2-3,6,13H,4-5H2,1H3. The SMILES string of the molecule is CN(CCO)c1cc(Cl)ccc1F. The van der Waals surface area contributed by atoms with Crippen LogP contribution in [0.3, 0.4) is 0 Å². The number of hydrogen-bond acceptors (Lipinski definition) is 2. The molecule has 2 nitrogen and oxygen atoms in total. The molecule has 0 atom stereocenters. The van der Waals surface area contributed by atoms with Crippen molar-refractivity contribution in [1.82, 2.24) is 0 Å². The van der Waals surface area contributed by atoms with Gasteiger partial charge in [-0.3, -0.25) is 0 Å². The van der Waals surface area contributed by atoms with Crippen LogP contribution in [0, 0.1) is 5.82 Å². The van der Waals surface area contributed by atoms with Crippen molar-refractivity contribution in [2.24, 2.45) is 0 Å². The third kappa shape index (κ3) is 2.57. The van der Waals surface area contributed by atoms with E-state index in [1.165, 1.54) is 18.2 Å². The fourth-order valence-electron chi connectivity index (χ4n) is 1.05. The normalized spacial score (nSPS) is 10.2. The Labute approximate surface area is 81.5 Å². The van der Waals surface area contributed by atoms with Crippen LogP contribution >= 0.6 is 11.6 Å². The van der Waals surface area contributed by atoms with Crippen molar-refractivity contribution in [2.75, 3.05) is 25.1 Å². The van der Waals surface area contributed by atoms with E-state index >= 15 is 0 Å². The fraction of sp³-hybridized carbons (Fsp3) is 0.333. The third-order valence-corrected chi connectivity index (χ3v) is 1.99. The lowest BCUT2D eigenvalue weighted by atomic mass is 10.3. The van der Waals surface area contributed by atoms with Crippen LogP contribution in [-0.2, 0) is 0 Å². The lowest BCUT2D eigenvalue weighted by molar-refractivity contribution is 0.304. The Morgan fingerprint density at radius 3 is 2.85 bits per heavy atom. The van der Waals surface area contributed by atoms with Gasteiger partial charge in [-0.2, -0.15) is 0 Å². The van der Waals surface area contributed by atoms with Gasteiger partial charge in [-0.05, 0) is 18.2 Å². The van der Waals surface area contributed by atoms with Crippen LogP contribution < -0.4 is 4.90 Å². The first-order chi connectivity index (χ1) is 6.15. The Balaban J connectivity index is 2.91. The predicted molar refractivity (Wildman–Crippen MR) is 51.8 cm³/mol. The summed E-state index contributed by atoms with van der Waals surface area (Å²) in [6.07, 6.45) is 0. The maximum absolute atomic E-state index is 13.2. The Bertz CT molecular complexity index is 293. The maximum atomic E-state index is 13.2. The molecule has 0 bridgehead atoms. The molecule has 0 amide bonds. The highest BCUT2D eigenvalue weighted by molar-refractivity contribution is 6.30. The number of benzene rings is 1. The first-order valence-corrected chi connectivity index (χ1v) is 4.30. The summed E-state index contributed by atoms with van der Waals surface area (Å²) in [4.78, 5) is 1.61. The van der Waals surface area contributed by atoms with E-state index in [9.17, 15) is 4.39 Å². The van der Waals surface area contributed by atoms with Crippen molar-refractivity contribution in [3.05, 3.63) is 29.0 Å². The lowest BCUT2D eigenvalue weighted by Gasteiger charge is -2.18. The summed E-state index contributed by atoms with van der Waals surface area (Å²) < 4.78 is 13.2. The van der Waals surface area contributed by atoms with E-state index in [0.29, 0.717) is 17.3 Å². The van der Waals surface area contributed by atoms with Gasteiger partial charge in [0.05, 0.1) is 12.3 Å². The molecule has 13 heavy (non-hydrogen) atoms. The smallest absolute Gasteiger partial charge is 0.146 e. The fourth-order valence-corrected chi connectivity index (χ4v) is 1.22. The lowest BCUT2D eigenvalue weighted by Crippen LogP contribution is -2.22. The van der Waals surface area contributed by atoms with Gasteiger partial charge >= 0.3 is 0 Å². The highest BCUT2D eigenvalue weighted by Gasteiger charge is 2.06. The summed E-state index contributed by atoms with van der Waals surface area (Å²) >= 11 is 5.71. The van der Waals surface area contributed by atoms with Crippen LogP contribution in [0.15, 0.2) is 18.2 Å². The van der Waals surface area contributed by atoms with Crippen molar-refractivity contribution in [1.29, 1.82) is 0 Å². The van der Waals surface area contributed by atoms with E-state index in [2.05, 4.69) is 0 Å². The summed E-state index contributed by atoms with van der Waals surface area (Å²) in [5, 5.41) is 9.15. The van der Waals surface area contributed by atoms with Gasteiger partial charge in [-0.1, -0.05) is 11.6 Å². The first-order valence-electron chi connectivity index (χ1n) is 3.92. The van der Waals surface area contributed by atoms with Gasteiger partial charge in [0, 0.05) is 18.6 Å². The highest BCUT2D eigenvalue weighted by Crippen LogP contribution is 2.22. The average Bonchev–Trinajstić information content (AvgIpc) is 2.09. The Kier molecular flexibility index (Phi) is 3.51. The van der Waals surface area contributed by atoms with Crippen LogP contribution in [0.5, 0.6) is 0 Å². The van der Waals surface area contributed by atoms with Crippen molar-refractivity contribution in [3.8, 4) is 0 Å². The average molecular weight is 204 g/mol. The third-order valence-electron chi connectivity index (χ3n) is 1.75. The molecule has 1 aromatic carbocycles.